The van der Waals surface area contributed by atoms with Crippen molar-refractivity contribution in [1.29, 1.82) is 0 Å². The molecule has 0 aromatic heterocycles. The van der Waals surface area contributed by atoms with Crippen LogP contribution in [0.5, 0.6) is 0 Å². The molecular weight excluding hydrogens is 262 g/mol. The SMILES string of the molecule is CC(C)NCc1ccc(N2CC(O)CC2CN(C)C)cc1. The van der Waals surface area contributed by atoms with E-state index in [4.69, 9.17) is 0 Å². The van der Waals surface area contributed by atoms with Crippen molar-refractivity contribution in [3.05, 3.63) is 29.8 Å². The second-order valence-corrected chi connectivity index (χ2v) is 6.66. The van der Waals surface area contributed by atoms with Crippen LogP contribution in [-0.2, 0) is 6.54 Å². The summed E-state index contributed by atoms with van der Waals surface area (Å²) in [6.07, 6.45) is 0.645. The Balaban J connectivity index is 2.02. The van der Waals surface area contributed by atoms with E-state index in [2.05, 4.69) is 67.3 Å². The normalized spacial score (nSPS) is 22.5. The zero-order chi connectivity index (χ0) is 15.4. The highest BCUT2D eigenvalue weighted by atomic mass is 16.3. The molecule has 2 N–H and O–H groups in total. The largest absolute Gasteiger partial charge is 0.391 e. The van der Waals surface area contributed by atoms with Gasteiger partial charge in [-0.2, -0.15) is 0 Å². The molecule has 2 rings (SSSR count). The molecule has 1 aliphatic heterocycles. The molecule has 1 aromatic rings. The standard InChI is InChI=1S/C17H29N3O/c1-13(2)18-10-14-5-7-15(8-6-14)20-12-17(21)9-16(20)11-19(3)4/h5-8,13,16-18,21H,9-12H2,1-4H3. The molecule has 118 valence electrons. The summed E-state index contributed by atoms with van der Waals surface area (Å²) in [4.78, 5) is 4.53. The van der Waals surface area contributed by atoms with Crippen molar-refractivity contribution < 1.29 is 5.11 Å². The Kier molecular flexibility index (Phi) is 5.62. The number of nitrogens with zero attached hydrogens (tertiary/aromatic N) is 2. The Hall–Kier alpha value is -1.10. The van der Waals surface area contributed by atoms with Gasteiger partial charge in [-0.25, -0.2) is 0 Å². The Morgan fingerprint density at radius 3 is 2.52 bits per heavy atom. The predicted octanol–water partition coefficient (Wildman–Crippen LogP) is 1.69. The second kappa shape index (κ2) is 7.25. The first kappa shape index (κ1) is 16.3. The molecule has 4 heteroatoms. The molecule has 1 heterocycles. The zero-order valence-electron chi connectivity index (χ0n) is 13.7. The van der Waals surface area contributed by atoms with Crippen molar-refractivity contribution in [3.63, 3.8) is 0 Å². The van der Waals surface area contributed by atoms with Crippen molar-refractivity contribution >= 4 is 5.69 Å². The molecule has 1 fully saturated rings. The van der Waals surface area contributed by atoms with Crippen LogP contribution in [0.4, 0.5) is 5.69 Å². The number of anilines is 1. The van der Waals surface area contributed by atoms with Crippen LogP contribution < -0.4 is 10.2 Å². The first-order chi connectivity index (χ1) is 9.95. The first-order valence-corrected chi connectivity index (χ1v) is 7.87. The lowest BCUT2D eigenvalue weighted by Crippen LogP contribution is -2.37. The highest BCUT2D eigenvalue weighted by Gasteiger charge is 2.31. The molecule has 0 radical (unpaired) electrons. The molecule has 0 aliphatic carbocycles. The van der Waals surface area contributed by atoms with Crippen molar-refractivity contribution in [3.8, 4) is 0 Å². The molecule has 0 saturated carbocycles. The quantitative estimate of drug-likeness (QED) is 0.836. The first-order valence-electron chi connectivity index (χ1n) is 7.87. The maximum Gasteiger partial charge on any atom is 0.0735 e. The van der Waals surface area contributed by atoms with Crippen molar-refractivity contribution in [2.75, 3.05) is 32.1 Å². The second-order valence-electron chi connectivity index (χ2n) is 6.66. The Labute approximate surface area is 128 Å². The van der Waals surface area contributed by atoms with Crippen LogP contribution in [0.2, 0.25) is 0 Å². The molecule has 0 bridgehead atoms. The third-order valence-corrected chi connectivity index (χ3v) is 3.95. The molecule has 2 atom stereocenters. The van der Waals surface area contributed by atoms with E-state index in [0.717, 1.165) is 26.1 Å². The fourth-order valence-electron chi connectivity index (χ4n) is 2.93. The Morgan fingerprint density at radius 1 is 1.29 bits per heavy atom. The topological polar surface area (TPSA) is 38.7 Å². The Bertz CT molecular complexity index is 430. The third-order valence-electron chi connectivity index (χ3n) is 3.95. The number of β-amino-alcohol motifs (C(OH)–C–C–N with tert-alkyl or cyclic N) is 1. The lowest BCUT2D eigenvalue weighted by molar-refractivity contribution is 0.191. The molecule has 0 amide bonds. The third kappa shape index (κ3) is 4.70. The average Bonchev–Trinajstić information content (AvgIpc) is 2.77. The summed E-state index contributed by atoms with van der Waals surface area (Å²) in [7, 11) is 4.17. The van der Waals surface area contributed by atoms with Crippen LogP contribution in [0.25, 0.3) is 0 Å². The number of nitrogens with one attached hydrogen (secondary N) is 1. The van der Waals surface area contributed by atoms with Gasteiger partial charge in [-0.3, -0.25) is 0 Å². The lowest BCUT2D eigenvalue weighted by atomic mass is 10.1. The summed E-state index contributed by atoms with van der Waals surface area (Å²) in [5.41, 5.74) is 2.52. The van der Waals surface area contributed by atoms with Crippen molar-refractivity contribution in [2.45, 2.75) is 45.0 Å². The maximum absolute atomic E-state index is 9.97. The number of aliphatic hydroxyl groups excluding tert-OH is 1. The molecule has 0 spiro atoms. The van der Waals surface area contributed by atoms with E-state index in [0.29, 0.717) is 12.1 Å². The molecule has 21 heavy (non-hydrogen) atoms. The summed E-state index contributed by atoms with van der Waals surface area (Å²) in [6, 6.07) is 9.62. The monoisotopic (exact) mass is 291 g/mol. The van der Waals surface area contributed by atoms with Gasteiger partial charge in [-0.1, -0.05) is 26.0 Å². The van der Waals surface area contributed by atoms with Gasteiger partial charge in [0.25, 0.3) is 0 Å². The van der Waals surface area contributed by atoms with Gasteiger partial charge in [0.2, 0.25) is 0 Å². The number of rotatable bonds is 6. The van der Waals surface area contributed by atoms with Crippen molar-refractivity contribution in [2.24, 2.45) is 0 Å². The van der Waals surface area contributed by atoms with Gasteiger partial charge in [0, 0.05) is 37.4 Å². The van der Waals surface area contributed by atoms with Gasteiger partial charge in [0.1, 0.15) is 0 Å². The van der Waals surface area contributed by atoms with E-state index >= 15 is 0 Å². The lowest BCUT2D eigenvalue weighted by Gasteiger charge is -2.28. The van der Waals surface area contributed by atoms with Gasteiger partial charge in [-0.05, 0) is 38.2 Å². The van der Waals surface area contributed by atoms with E-state index in [9.17, 15) is 5.11 Å². The summed E-state index contributed by atoms with van der Waals surface area (Å²) >= 11 is 0. The van der Waals surface area contributed by atoms with Gasteiger partial charge < -0.3 is 20.2 Å². The number of aliphatic hydroxyl groups is 1. The molecule has 1 saturated heterocycles. The van der Waals surface area contributed by atoms with Gasteiger partial charge >= 0.3 is 0 Å². The number of likely N-dealkylation sites (N-methyl/N-ethyl adjacent to an activating group) is 1. The minimum absolute atomic E-state index is 0.211. The minimum atomic E-state index is -0.211. The molecular formula is C17H29N3O. The van der Waals surface area contributed by atoms with Crippen molar-refractivity contribution in [1.82, 2.24) is 10.2 Å². The highest BCUT2D eigenvalue weighted by Crippen LogP contribution is 2.26. The van der Waals surface area contributed by atoms with Crippen LogP contribution in [0.1, 0.15) is 25.8 Å². The fraction of sp³-hybridized carbons (Fsp3) is 0.647. The van der Waals surface area contributed by atoms with Crippen LogP contribution in [-0.4, -0.2) is 55.4 Å². The van der Waals surface area contributed by atoms with E-state index < -0.39 is 0 Å². The van der Waals surface area contributed by atoms with Crippen LogP contribution in [0, 0.1) is 0 Å². The zero-order valence-corrected chi connectivity index (χ0v) is 13.7. The smallest absolute Gasteiger partial charge is 0.0735 e. The summed E-state index contributed by atoms with van der Waals surface area (Å²) in [5.74, 6) is 0. The number of benzene rings is 1. The summed E-state index contributed by atoms with van der Waals surface area (Å²) < 4.78 is 0. The van der Waals surface area contributed by atoms with E-state index in [-0.39, 0.29) is 6.10 Å². The minimum Gasteiger partial charge on any atom is -0.391 e. The summed E-state index contributed by atoms with van der Waals surface area (Å²) in [6.45, 7) is 6.94. The number of hydrogen-bond donors (Lipinski definition) is 2. The molecule has 4 nitrogen and oxygen atoms in total. The van der Waals surface area contributed by atoms with E-state index in [1.165, 1.54) is 11.3 Å². The molecule has 1 aromatic carbocycles. The average molecular weight is 291 g/mol. The number of hydrogen-bond acceptors (Lipinski definition) is 4. The Morgan fingerprint density at radius 2 is 1.95 bits per heavy atom. The van der Waals surface area contributed by atoms with Gasteiger partial charge in [-0.15, -0.1) is 0 Å². The van der Waals surface area contributed by atoms with E-state index in [1.54, 1.807) is 0 Å². The van der Waals surface area contributed by atoms with Crippen LogP contribution in [0.15, 0.2) is 24.3 Å². The van der Waals surface area contributed by atoms with Crippen LogP contribution >= 0.6 is 0 Å². The maximum atomic E-state index is 9.97. The fourth-order valence-corrected chi connectivity index (χ4v) is 2.93. The summed E-state index contributed by atoms with van der Waals surface area (Å²) in [5, 5.41) is 13.4. The van der Waals surface area contributed by atoms with E-state index in [1.807, 2.05) is 0 Å². The predicted molar refractivity (Wildman–Crippen MR) is 88.7 cm³/mol. The highest BCUT2D eigenvalue weighted by molar-refractivity contribution is 5.50. The van der Waals surface area contributed by atoms with Gasteiger partial charge in [0.15, 0.2) is 0 Å². The molecule has 1 aliphatic rings. The van der Waals surface area contributed by atoms with Crippen LogP contribution in [0.3, 0.4) is 0 Å². The van der Waals surface area contributed by atoms with Gasteiger partial charge in [0.05, 0.1) is 6.10 Å². The molecule has 2 unspecified atom stereocenters.